The Morgan fingerprint density at radius 1 is 1.21 bits per heavy atom. The van der Waals surface area contributed by atoms with E-state index in [0.29, 0.717) is 12.5 Å². The topological polar surface area (TPSA) is 42.2 Å². The van der Waals surface area contributed by atoms with Crippen molar-refractivity contribution in [1.29, 1.82) is 0 Å². The summed E-state index contributed by atoms with van der Waals surface area (Å²) in [5, 5.41) is 1.21. The van der Waals surface area contributed by atoms with E-state index in [-0.39, 0.29) is 0 Å². The van der Waals surface area contributed by atoms with Gasteiger partial charge in [0.15, 0.2) is 5.13 Å². The molecule has 1 saturated heterocycles. The van der Waals surface area contributed by atoms with E-state index in [1.165, 1.54) is 47.8 Å². The second-order valence-corrected chi connectivity index (χ2v) is 6.64. The number of hydrogen-bond acceptors (Lipinski definition) is 4. The number of aromatic nitrogens is 1. The fourth-order valence-corrected chi connectivity index (χ4v) is 3.76. The van der Waals surface area contributed by atoms with Gasteiger partial charge < -0.3 is 10.6 Å². The fourth-order valence-electron chi connectivity index (χ4n) is 2.65. The zero-order valence-corrected chi connectivity index (χ0v) is 13.1. The molecule has 1 atom stereocenters. The van der Waals surface area contributed by atoms with Crippen molar-refractivity contribution in [2.75, 3.05) is 18.0 Å². The average Bonchev–Trinajstić information content (AvgIpc) is 2.81. The van der Waals surface area contributed by atoms with E-state index in [1.807, 2.05) is 11.3 Å². The molecular weight excluding hydrogens is 254 g/mol. The van der Waals surface area contributed by atoms with E-state index in [1.54, 1.807) is 0 Å². The van der Waals surface area contributed by atoms with E-state index < -0.39 is 0 Å². The van der Waals surface area contributed by atoms with Gasteiger partial charge in [-0.1, -0.05) is 33.1 Å². The van der Waals surface area contributed by atoms with Gasteiger partial charge in [-0.3, -0.25) is 0 Å². The predicted molar refractivity (Wildman–Crippen MR) is 84.0 cm³/mol. The smallest absolute Gasteiger partial charge is 0.185 e. The maximum absolute atomic E-state index is 5.89. The van der Waals surface area contributed by atoms with E-state index in [4.69, 9.17) is 10.7 Å². The molecule has 1 aliphatic heterocycles. The maximum atomic E-state index is 5.89. The lowest BCUT2D eigenvalue weighted by molar-refractivity contribution is 0.555. The molecule has 1 fully saturated rings. The van der Waals surface area contributed by atoms with Crippen molar-refractivity contribution in [2.45, 2.75) is 64.8 Å². The summed E-state index contributed by atoms with van der Waals surface area (Å²) in [4.78, 5) is 8.68. The van der Waals surface area contributed by atoms with Crippen LogP contribution in [0.2, 0.25) is 0 Å². The first kappa shape index (κ1) is 14.8. The van der Waals surface area contributed by atoms with Crippen molar-refractivity contribution < 1.29 is 0 Å². The molecule has 0 radical (unpaired) electrons. The molecule has 1 aliphatic rings. The summed E-state index contributed by atoms with van der Waals surface area (Å²) < 4.78 is 0. The molecule has 2 rings (SSSR count). The molecule has 2 heterocycles. The summed E-state index contributed by atoms with van der Waals surface area (Å²) in [6, 6.07) is 0. The Kier molecular flexibility index (Phi) is 5.64. The molecule has 0 amide bonds. The third-order valence-corrected chi connectivity index (χ3v) is 5.26. The number of rotatable bonds is 4. The highest BCUT2D eigenvalue weighted by Gasteiger charge is 2.19. The lowest BCUT2D eigenvalue weighted by atomic mass is 10.0. The van der Waals surface area contributed by atoms with Crippen molar-refractivity contribution in [3.8, 4) is 0 Å². The first-order valence-electron chi connectivity index (χ1n) is 7.70. The van der Waals surface area contributed by atoms with Crippen LogP contribution < -0.4 is 10.6 Å². The van der Waals surface area contributed by atoms with Crippen LogP contribution in [0.15, 0.2) is 0 Å². The zero-order chi connectivity index (χ0) is 13.7. The molecule has 19 heavy (non-hydrogen) atoms. The second-order valence-electron chi connectivity index (χ2n) is 5.57. The molecule has 0 spiro atoms. The molecule has 0 saturated carbocycles. The van der Waals surface area contributed by atoms with Crippen molar-refractivity contribution in [3.05, 3.63) is 10.6 Å². The van der Waals surface area contributed by atoms with Crippen LogP contribution in [0.1, 0.15) is 68.9 Å². The van der Waals surface area contributed by atoms with Crippen LogP contribution >= 0.6 is 11.3 Å². The van der Waals surface area contributed by atoms with Gasteiger partial charge in [0, 0.05) is 24.5 Å². The molecule has 2 N–H and O–H groups in total. The quantitative estimate of drug-likeness (QED) is 0.910. The maximum Gasteiger partial charge on any atom is 0.185 e. The largest absolute Gasteiger partial charge is 0.348 e. The van der Waals surface area contributed by atoms with Crippen LogP contribution in [0.3, 0.4) is 0 Å². The number of nitrogens with zero attached hydrogens (tertiary/aromatic N) is 2. The number of hydrogen-bond donors (Lipinski definition) is 1. The number of nitrogens with two attached hydrogens (primary N) is 1. The Morgan fingerprint density at radius 3 is 2.42 bits per heavy atom. The van der Waals surface area contributed by atoms with E-state index in [0.717, 1.165) is 19.5 Å². The summed E-state index contributed by atoms with van der Waals surface area (Å²) >= 11 is 1.82. The number of anilines is 1. The van der Waals surface area contributed by atoms with Crippen molar-refractivity contribution in [2.24, 2.45) is 5.73 Å². The second kappa shape index (κ2) is 7.25. The van der Waals surface area contributed by atoms with Gasteiger partial charge >= 0.3 is 0 Å². The third kappa shape index (κ3) is 3.69. The van der Waals surface area contributed by atoms with Crippen LogP contribution in [0.5, 0.6) is 0 Å². The molecular formula is C15H27N3S. The molecule has 0 bridgehead atoms. The van der Waals surface area contributed by atoms with Gasteiger partial charge in [0.05, 0.1) is 5.69 Å². The van der Waals surface area contributed by atoms with Crippen molar-refractivity contribution in [1.82, 2.24) is 4.98 Å². The molecule has 0 aromatic carbocycles. The first-order valence-corrected chi connectivity index (χ1v) is 8.52. The van der Waals surface area contributed by atoms with E-state index in [9.17, 15) is 0 Å². The zero-order valence-electron chi connectivity index (χ0n) is 12.3. The summed E-state index contributed by atoms with van der Waals surface area (Å²) in [5.74, 6) is 0.526. The molecule has 1 aromatic heterocycles. The van der Waals surface area contributed by atoms with Crippen molar-refractivity contribution >= 4 is 16.5 Å². The standard InChI is InChI=1S/C15H27N3S/c1-3-12(2)14-13(11-16)19-15(17-14)18-9-7-5-4-6-8-10-18/h12H,3-11,16H2,1-2H3. The van der Waals surface area contributed by atoms with Gasteiger partial charge in [-0.25, -0.2) is 4.98 Å². The molecule has 3 nitrogen and oxygen atoms in total. The third-order valence-electron chi connectivity index (χ3n) is 4.11. The minimum Gasteiger partial charge on any atom is -0.348 e. The van der Waals surface area contributed by atoms with Crippen LogP contribution in [0.25, 0.3) is 0 Å². The SMILES string of the molecule is CCC(C)c1nc(N2CCCCCCC2)sc1CN. The lowest BCUT2D eigenvalue weighted by Gasteiger charge is -2.24. The minimum atomic E-state index is 0.526. The van der Waals surface area contributed by atoms with Gasteiger partial charge in [-0.05, 0) is 25.2 Å². The number of thiazole rings is 1. The summed E-state index contributed by atoms with van der Waals surface area (Å²) in [5.41, 5.74) is 7.14. The Balaban J connectivity index is 2.16. The van der Waals surface area contributed by atoms with Gasteiger partial charge in [-0.15, -0.1) is 11.3 Å². The highest BCUT2D eigenvalue weighted by atomic mass is 32.1. The predicted octanol–water partition coefficient (Wildman–Crippen LogP) is 3.89. The van der Waals surface area contributed by atoms with Crippen LogP contribution in [-0.2, 0) is 6.54 Å². The Labute approximate surface area is 121 Å². The van der Waals surface area contributed by atoms with Crippen LogP contribution in [0.4, 0.5) is 5.13 Å². The van der Waals surface area contributed by atoms with E-state index in [2.05, 4.69) is 18.7 Å². The molecule has 1 aromatic rings. The highest BCUT2D eigenvalue weighted by molar-refractivity contribution is 7.15. The monoisotopic (exact) mass is 281 g/mol. The minimum absolute atomic E-state index is 0.526. The lowest BCUT2D eigenvalue weighted by Crippen LogP contribution is -2.26. The Morgan fingerprint density at radius 2 is 1.84 bits per heavy atom. The van der Waals surface area contributed by atoms with Gasteiger partial charge in [0.1, 0.15) is 0 Å². The summed E-state index contributed by atoms with van der Waals surface area (Å²) in [7, 11) is 0. The molecule has 1 unspecified atom stereocenters. The molecule has 108 valence electrons. The van der Waals surface area contributed by atoms with Crippen LogP contribution in [-0.4, -0.2) is 18.1 Å². The normalized spacial score (nSPS) is 19.0. The van der Waals surface area contributed by atoms with Crippen LogP contribution in [0, 0.1) is 0 Å². The molecule has 4 heteroatoms. The Hall–Kier alpha value is -0.610. The van der Waals surface area contributed by atoms with Gasteiger partial charge in [-0.2, -0.15) is 0 Å². The van der Waals surface area contributed by atoms with Gasteiger partial charge in [0.2, 0.25) is 0 Å². The summed E-state index contributed by atoms with van der Waals surface area (Å²) in [6.07, 6.45) is 7.87. The fraction of sp³-hybridized carbons (Fsp3) is 0.800. The van der Waals surface area contributed by atoms with E-state index >= 15 is 0 Å². The summed E-state index contributed by atoms with van der Waals surface area (Å²) in [6.45, 7) is 7.44. The average molecular weight is 281 g/mol. The van der Waals surface area contributed by atoms with Gasteiger partial charge in [0.25, 0.3) is 0 Å². The first-order chi connectivity index (χ1) is 9.26. The van der Waals surface area contributed by atoms with Crippen molar-refractivity contribution in [3.63, 3.8) is 0 Å². The highest BCUT2D eigenvalue weighted by Crippen LogP contribution is 2.32. The molecule has 0 aliphatic carbocycles. The Bertz CT molecular complexity index is 381.